The van der Waals surface area contributed by atoms with Crippen LogP contribution in [0.25, 0.3) is 0 Å². The Hall–Kier alpha value is -0.640. The van der Waals surface area contributed by atoms with E-state index in [1.165, 1.54) is 12.1 Å². The van der Waals surface area contributed by atoms with E-state index in [0.29, 0.717) is 17.2 Å². The van der Waals surface area contributed by atoms with Crippen LogP contribution in [0.2, 0.25) is 5.02 Å². The second-order valence-electron chi connectivity index (χ2n) is 4.14. The molecule has 1 aromatic rings. The minimum absolute atomic E-state index is 0.0370. The lowest BCUT2D eigenvalue weighted by atomic mass is 9.90. The molecule has 1 fully saturated rings. The molecule has 1 heterocycles. The highest BCUT2D eigenvalue weighted by atomic mass is 35.5. The van der Waals surface area contributed by atoms with Gasteiger partial charge in [-0.2, -0.15) is 0 Å². The van der Waals surface area contributed by atoms with Gasteiger partial charge in [0.05, 0.1) is 12.2 Å². The minimum Gasteiger partial charge on any atom is -0.388 e. The first-order chi connectivity index (χ1) is 7.59. The van der Waals surface area contributed by atoms with Gasteiger partial charge in [-0.15, -0.1) is 0 Å². The van der Waals surface area contributed by atoms with Crippen LogP contribution in [0, 0.1) is 11.7 Å². The second kappa shape index (κ2) is 4.70. The van der Waals surface area contributed by atoms with E-state index < -0.39 is 11.9 Å². The fourth-order valence-corrected chi connectivity index (χ4v) is 2.29. The van der Waals surface area contributed by atoms with Crippen LogP contribution in [-0.4, -0.2) is 17.8 Å². The Morgan fingerprint density at radius 1 is 1.56 bits per heavy atom. The second-order valence-corrected chi connectivity index (χ2v) is 4.58. The van der Waals surface area contributed by atoms with E-state index in [4.69, 9.17) is 16.3 Å². The summed E-state index contributed by atoms with van der Waals surface area (Å²) in [5, 5.41) is 10.4. The summed E-state index contributed by atoms with van der Waals surface area (Å²) in [7, 11) is 0. The third-order valence-electron chi connectivity index (χ3n) is 3.12. The van der Waals surface area contributed by atoms with Crippen molar-refractivity contribution < 1.29 is 14.2 Å². The molecule has 1 aliphatic heterocycles. The molecule has 88 valence electrons. The first kappa shape index (κ1) is 11.8. The molecule has 2 nitrogen and oxygen atoms in total. The summed E-state index contributed by atoms with van der Waals surface area (Å²) < 4.78 is 19.0. The molecule has 3 unspecified atom stereocenters. The van der Waals surface area contributed by atoms with Crippen molar-refractivity contribution in [1.29, 1.82) is 0 Å². The van der Waals surface area contributed by atoms with Crippen molar-refractivity contribution in [2.24, 2.45) is 5.92 Å². The Bertz CT molecular complexity index is 383. The fourth-order valence-electron chi connectivity index (χ4n) is 2.13. The number of hydrogen-bond donors (Lipinski definition) is 1. The van der Waals surface area contributed by atoms with Crippen LogP contribution >= 0.6 is 11.6 Å². The number of aliphatic hydroxyl groups excluding tert-OH is 1. The molecule has 1 saturated heterocycles. The first-order valence-corrected chi connectivity index (χ1v) is 5.72. The van der Waals surface area contributed by atoms with Crippen LogP contribution in [0.4, 0.5) is 4.39 Å². The van der Waals surface area contributed by atoms with Gasteiger partial charge in [0.25, 0.3) is 0 Å². The van der Waals surface area contributed by atoms with Gasteiger partial charge in [0.15, 0.2) is 0 Å². The van der Waals surface area contributed by atoms with Crippen molar-refractivity contribution in [3.8, 4) is 0 Å². The zero-order chi connectivity index (χ0) is 11.7. The van der Waals surface area contributed by atoms with Gasteiger partial charge >= 0.3 is 0 Å². The van der Waals surface area contributed by atoms with Gasteiger partial charge in [0.2, 0.25) is 0 Å². The summed E-state index contributed by atoms with van der Waals surface area (Å²) in [4.78, 5) is 0. The molecule has 4 heteroatoms. The van der Waals surface area contributed by atoms with Crippen LogP contribution in [-0.2, 0) is 4.74 Å². The summed E-state index contributed by atoms with van der Waals surface area (Å²) in [5.41, 5.74) is 0.298. The monoisotopic (exact) mass is 244 g/mol. The minimum atomic E-state index is -0.824. The van der Waals surface area contributed by atoms with Crippen LogP contribution in [0.5, 0.6) is 0 Å². The molecule has 0 amide bonds. The molecular weight excluding hydrogens is 231 g/mol. The number of rotatable bonds is 2. The van der Waals surface area contributed by atoms with E-state index in [1.807, 2.05) is 6.92 Å². The van der Waals surface area contributed by atoms with Gasteiger partial charge in [0.1, 0.15) is 5.82 Å². The largest absolute Gasteiger partial charge is 0.388 e. The van der Waals surface area contributed by atoms with Gasteiger partial charge in [-0.3, -0.25) is 0 Å². The maximum atomic E-state index is 13.6. The number of hydrogen-bond acceptors (Lipinski definition) is 2. The maximum Gasteiger partial charge on any atom is 0.130 e. The van der Waals surface area contributed by atoms with E-state index in [1.54, 1.807) is 6.07 Å². The van der Waals surface area contributed by atoms with Crippen molar-refractivity contribution in [2.75, 3.05) is 6.61 Å². The summed E-state index contributed by atoms with van der Waals surface area (Å²) in [6, 6.07) is 4.34. The summed E-state index contributed by atoms with van der Waals surface area (Å²) in [6.07, 6.45) is -0.107. The highest BCUT2D eigenvalue weighted by Crippen LogP contribution is 2.34. The molecule has 3 atom stereocenters. The summed E-state index contributed by atoms with van der Waals surface area (Å²) in [6.45, 7) is 2.52. The molecule has 0 aliphatic carbocycles. The van der Waals surface area contributed by atoms with Gasteiger partial charge in [-0.25, -0.2) is 4.39 Å². The van der Waals surface area contributed by atoms with Crippen LogP contribution in [0.3, 0.4) is 0 Å². The number of aliphatic hydroxyl groups is 1. The molecular formula is C12H14ClFO2. The van der Waals surface area contributed by atoms with Crippen molar-refractivity contribution >= 4 is 11.6 Å². The van der Waals surface area contributed by atoms with E-state index in [0.717, 1.165) is 6.42 Å². The van der Waals surface area contributed by atoms with Crippen LogP contribution < -0.4 is 0 Å². The predicted molar refractivity (Wildman–Crippen MR) is 59.9 cm³/mol. The molecule has 0 saturated carbocycles. The molecule has 1 aliphatic rings. The van der Waals surface area contributed by atoms with Crippen LogP contribution in [0.1, 0.15) is 25.0 Å². The normalized spacial score (nSPS) is 27.0. The highest BCUT2D eigenvalue weighted by Gasteiger charge is 2.32. The zero-order valence-electron chi connectivity index (χ0n) is 8.99. The lowest BCUT2D eigenvalue weighted by Crippen LogP contribution is -2.20. The van der Waals surface area contributed by atoms with Gasteiger partial charge in [-0.05, 0) is 25.5 Å². The molecule has 0 bridgehead atoms. The maximum absolute atomic E-state index is 13.6. The average molecular weight is 245 g/mol. The smallest absolute Gasteiger partial charge is 0.130 e. The van der Waals surface area contributed by atoms with Gasteiger partial charge < -0.3 is 9.84 Å². The Balaban J connectivity index is 2.23. The molecule has 1 aromatic carbocycles. The lowest BCUT2D eigenvalue weighted by Gasteiger charge is -2.21. The predicted octanol–water partition coefficient (Wildman–Crippen LogP) is 2.94. The summed E-state index contributed by atoms with van der Waals surface area (Å²) >= 11 is 5.66. The zero-order valence-corrected chi connectivity index (χ0v) is 9.75. The lowest BCUT2D eigenvalue weighted by molar-refractivity contribution is 0.0415. The molecule has 1 N–H and O–H groups in total. The van der Waals surface area contributed by atoms with Gasteiger partial charge in [0, 0.05) is 23.1 Å². The third-order valence-corrected chi connectivity index (χ3v) is 3.36. The molecule has 0 aromatic heterocycles. The topological polar surface area (TPSA) is 29.5 Å². The Morgan fingerprint density at radius 3 is 2.88 bits per heavy atom. The number of halogens is 2. The Morgan fingerprint density at radius 2 is 2.31 bits per heavy atom. The number of benzene rings is 1. The van der Waals surface area contributed by atoms with E-state index in [2.05, 4.69) is 0 Å². The molecule has 0 radical (unpaired) electrons. The van der Waals surface area contributed by atoms with E-state index in [9.17, 15) is 9.50 Å². The standard InChI is InChI=1S/C12H14ClFO2/c1-7-9(4-5-16-7)12(15)10-3-2-8(13)6-11(10)14/h2-3,6-7,9,12,15H,4-5H2,1H3. The highest BCUT2D eigenvalue weighted by molar-refractivity contribution is 6.30. The van der Waals surface area contributed by atoms with E-state index >= 15 is 0 Å². The van der Waals surface area contributed by atoms with Crippen LogP contribution in [0.15, 0.2) is 18.2 Å². The van der Waals surface area contributed by atoms with Gasteiger partial charge in [-0.1, -0.05) is 17.7 Å². The van der Waals surface area contributed by atoms with Crippen molar-refractivity contribution in [3.05, 3.63) is 34.6 Å². The molecule has 0 spiro atoms. The quantitative estimate of drug-likeness (QED) is 0.867. The SMILES string of the molecule is CC1OCCC1C(O)c1ccc(Cl)cc1F. The van der Waals surface area contributed by atoms with E-state index in [-0.39, 0.29) is 12.0 Å². The Labute approximate surface area is 99.0 Å². The third kappa shape index (κ3) is 2.21. The van der Waals surface area contributed by atoms with Crippen molar-refractivity contribution in [2.45, 2.75) is 25.6 Å². The van der Waals surface area contributed by atoms with Crippen molar-refractivity contribution in [1.82, 2.24) is 0 Å². The molecule has 16 heavy (non-hydrogen) atoms. The number of ether oxygens (including phenoxy) is 1. The summed E-state index contributed by atoms with van der Waals surface area (Å²) in [5.74, 6) is -0.505. The fraction of sp³-hybridized carbons (Fsp3) is 0.500. The first-order valence-electron chi connectivity index (χ1n) is 5.34. The van der Waals surface area contributed by atoms with Crippen molar-refractivity contribution in [3.63, 3.8) is 0 Å². The Kier molecular flexibility index (Phi) is 3.47. The average Bonchev–Trinajstić information content (AvgIpc) is 2.63. The molecule has 2 rings (SSSR count).